The third kappa shape index (κ3) is 5.58. The molecule has 4 rings (SSSR count). The van der Waals surface area contributed by atoms with Gasteiger partial charge < -0.3 is 19.1 Å². The van der Waals surface area contributed by atoms with Gasteiger partial charge in [0.1, 0.15) is 0 Å². The molecule has 2 saturated heterocycles. The normalized spacial score (nSPS) is 22.3. The highest BCUT2D eigenvalue weighted by atomic mass is 35.5. The van der Waals surface area contributed by atoms with Crippen molar-refractivity contribution < 1.29 is 28.7 Å². The SMILES string of the molecule is O=C(ON1CCOC(c2ccccc2Cl)C1)C(=O)ON1CCOC(c2ccccc2Cl)C1. The van der Waals surface area contributed by atoms with Crippen molar-refractivity contribution in [3.8, 4) is 0 Å². The molecule has 32 heavy (non-hydrogen) atoms. The van der Waals surface area contributed by atoms with Gasteiger partial charge in [-0.15, -0.1) is 10.1 Å². The smallest absolute Gasteiger partial charge is 0.371 e. The third-order valence-electron chi connectivity index (χ3n) is 5.15. The number of carbonyl (C=O) groups is 2. The molecule has 2 aliphatic rings. The van der Waals surface area contributed by atoms with Gasteiger partial charge in [0.05, 0.1) is 51.6 Å². The van der Waals surface area contributed by atoms with E-state index in [2.05, 4.69) is 0 Å². The number of morpholine rings is 2. The second-order valence-electron chi connectivity index (χ2n) is 7.30. The van der Waals surface area contributed by atoms with Crippen LogP contribution in [0.1, 0.15) is 23.3 Å². The molecule has 2 unspecified atom stereocenters. The highest BCUT2D eigenvalue weighted by Gasteiger charge is 2.32. The van der Waals surface area contributed by atoms with Crippen LogP contribution < -0.4 is 0 Å². The maximum absolute atomic E-state index is 12.3. The van der Waals surface area contributed by atoms with Crippen LogP contribution in [0, 0.1) is 0 Å². The van der Waals surface area contributed by atoms with Gasteiger partial charge in [-0.05, 0) is 12.1 Å². The number of hydroxylamine groups is 4. The lowest BCUT2D eigenvalue weighted by Gasteiger charge is -2.33. The summed E-state index contributed by atoms with van der Waals surface area (Å²) in [6.07, 6.45) is -0.756. The second kappa shape index (κ2) is 10.6. The summed E-state index contributed by atoms with van der Waals surface area (Å²) < 4.78 is 11.5. The lowest BCUT2D eigenvalue weighted by molar-refractivity contribution is -0.239. The minimum atomic E-state index is -1.11. The Morgan fingerprint density at radius 1 is 0.750 bits per heavy atom. The molecule has 0 spiro atoms. The van der Waals surface area contributed by atoms with Gasteiger partial charge in [-0.3, -0.25) is 0 Å². The fourth-order valence-corrected chi connectivity index (χ4v) is 4.09. The Bertz CT molecular complexity index is 897. The zero-order valence-corrected chi connectivity index (χ0v) is 18.6. The largest absolute Gasteiger partial charge is 0.438 e. The molecular weight excluding hydrogens is 459 g/mol. The number of rotatable bonds is 4. The monoisotopic (exact) mass is 480 g/mol. The zero-order chi connectivity index (χ0) is 22.5. The summed E-state index contributed by atoms with van der Waals surface area (Å²) in [5.74, 6) is -2.21. The van der Waals surface area contributed by atoms with Crippen LogP contribution in [0.4, 0.5) is 0 Å². The topological polar surface area (TPSA) is 77.5 Å². The average molecular weight is 481 g/mol. The molecule has 0 aromatic heterocycles. The molecule has 2 aromatic carbocycles. The van der Waals surface area contributed by atoms with Crippen LogP contribution in [-0.4, -0.2) is 61.5 Å². The van der Waals surface area contributed by atoms with Crippen LogP contribution in [-0.2, 0) is 28.7 Å². The van der Waals surface area contributed by atoms with E-state index >= 15 is 0 Å². The Balaban J connectivity index is 1.30. The molecule has 0 aliphatic carbocycles. The summed E-state index contributed by atoms with van der Waals surface area (Å²) in [5.41, 5.74) is 1.58. The molecule has 0 N–H and O–H groups in total. The van der Waals surface area contributed by atoms with Gasteiger partial charge in [0, 0.05) is 21.2 Å². The fraction of sp³-hybridized carbons (Fsp3) is 0.364. The van der Waals surface area contributed by atoms with Crippen molar-refractivity contribution in [1.29, 1.82) is 0 Å². The first-order valence-corrected chi connectivity index (χ1v) is 10.9. The fourth-order valence-electron chi connectivity index (χ4n) is 3.57. The minimum Gasteiger partial charge on any atom is -0.371 e. The van der Waals surface area contributed by atoms with E-state index in [0.29, 0.717) is 36.3 Å². The quantitative estimate of drug-likeness (QED) is 0.616. The molecular formula is C22H22Cl2N2O6. The maximum atomic E-state index is 12.3. The summed E-state index contributed by atoms with van der Waals surface area (Å²) in [6, 6.07) is 14.6. The predicted molar refractivity (Wildman–Crippen MR) is 116 cm³/mol. The van der Waals surface area contributed by atoms with Crippen LogP contribution in [0.2, 0.25) is 10.0 Å². The summed E-state index contributed by atoms with van der Waals surface area (Å²) >= 11 is 12.5. The Hall–Kier alpha value is -2.20. The van der Waals surface area contributed by atoms with E-state index in [0.717, 1.165) is 11.1 Å². The first-order chi connectivity index (χ1) is 15.5. The Labute approximate surface area is 195 Å². The van der Waals surface area contributed by atoms with Gasteiger partial charge in [-0.1, -0.05) is 59.6 Å². The van der Waals surface area contributed by atoms with E-state index in [1.807, 2.05) is 36.4 Å². The number of nitrogens with zero attached hydrogens (tertiary/aromatic N) is 2. The molecule has 2 aromatic rings. The third-order valence-corrected chi connectivity index (χ3v) is 5.84. The number of halogens is 2. The van der Waals surface area contributed by atoms with Crippen molar-refractivity contribution in [3.63, 3.8) is 0 Å². The van der Waals surface area contributed by atoms with Crippen molar-refractivity contribution in [2.75, 3.05) is 39.4 Å². The minimum absolute atomic E-state index is 0.245. The van der Waals surface area contributed by atoms with E-state index in [9.17, 15) is 9.59 Å². The standard InChI is InChI=1S/C22H22Cl2N2O6/c23-17-7-3-1-5-15(17)19-13-25(9-11-29-19)31-21(27)22(28)32-26-10-12-30-20(14-26)16-6-2-4-8-18(16)24/h1-8,19-20H,9-14H2. The Morgan fingerprint density at radius 2 is 1.16 bits per heavy atom. The summed E-state index contributed by atoms with van der Waals surface area (Å²) in [4.78, 5) is 35.1. The van der Waals surface area contributed by atoms with Crippen molar-refractivity contribution in [3.05, 3.63) is 69.7 Å². The molecule has 2 atom stereocenters. The van der Waals surface area contributed by atoms with Crippen molar-refractivity contribution >= 4 is 35.1 Å². The van der Waals surface area contributed by atoms with Crippen LogP contribution >= 0.6 is 23.2 Å². The number of benzene rings is 2. The van der Waals surface area contributed by atoms with Gasteiger partial charge >= 0.3 is 11.9 Å². The number of hydrogen-bond acceptors (Lipinski definition) is 8. The maximum Gasteiger partial charge on any atom is 0.438 e. The van der Waals surface area contributed by atoms with Crippen molar-refractivity contribution in [2.45, 2.75) is 12.2 Å². The zero-order valence-electron chi connectivity index (χ0n) is 17.1. The van der Waals surface area contributed by atoms with E-state index in [1.54, 1.807) is 12.1 Å². The molecule has 0 amide bonds. The molecule has 0 saturated carbocycles. The Kier molecular flexibility index (Phi) is 7.62. The van der Waals surface area contributed by atoms with Gasteiger partial charge in [-0.25, -0.2) is 9.59 Å². The van der Waals surface area contributed by atoms with E-state index in [-0.39, 0.29) is 25.3 Å². The lowest BCUT2D eigenvalue weighted by Crippen LogP contribution is -2.44. The molecule has 2 heterocycles. The lowest BCUT2D eigenvalue weighted by atomic mass is 10.1. The molecule has 170 valence electrons. The summed E-state index contributed by atoms with van der Waals surface area (Å²) in [5, 5.41) is 3.89. The summed E-state index contributed by atoms with van der Waals surface area (Å²) in [6.45, 7) is 1.78. The van der Waals surface area contributed by atoms with E-state index in [1.165, 1.54) is 10.1 Å². The van der Waals surface area contributed by atoms with E-state index in [4.69, 9.17) is 42.4 Å². The average Bonchev–Trinajstić information content (AvgIpc) is 2.80. The number of hydrogen-bond donors (Lipinski definition) is 0. The first-order valence-electron chi connectivity index (χ1n) is 10.2. The van der Waals surface area contributed by atoms with Gasteiger partial charge in [-0.2, -0.15) is 0 Å². The van der Waals surface area contributed by atoms with Crippen LogP contribution in [0.25, 0.3) is 0 Å². The molecule has 0 radical (unpaired) electrons. The first kappa shape index (κ1) is 23.0. The molecule has 10 heteroatoms. The molecule has 8 nitrogen and oxygen atoms in total. The van der Waals surface area contributed by atoms with Gasteiger partial charge in [0.2, 0.25) is 0 Å². The van der Waals surface area contributed by atoms with Crippen LogP contribution in [0.5, 0.6) is 0 Å². The number of carbonyl (C=O) groups excluding carboxylic acids is 2. The highest BCUT2D eigenvalue weighted by Crippen LogP contribution is 2.29. The van der Waals surface area contributed by atoms with Crippen molar-refractivity contribution in [2.24, 2.45) is 0 Å². The predicted octanol–water partition coefficient (Wildman–Crippen LogP) is 3.36. The highest BCUT2D eigenvalue weighted by molar-refractivity contribution is 6.31. The molecule has 0 bridgehead atoms. The van der Waals surface area contributed by atoms with Gasteiger partial charge in [0.25, 0.3) is 0 Å². The molecule has 2 fully saturated rings. The Morgan fingerprint density at radius 3 is 1.56 bits per heavy atom. The van der Waals surface area contributed by atoms with Crippen LogP contribution in [0.3, 0.4) is 0 Å². The second-order valence-corrected chi connectivity index (χ2v) is 8.11. The molecule has 2 aliphatic heterocycles. The van der Waals surface area contributed by atoms with Gasteiger partial charge in [0.15, 0.2) is 0 Å². The summed E-state index contributed by atoms with van der Waals surface area (Å²) in [7, 11) is 0. The van der Waals surface area contributed by atoms with Crippen LogP contribution in [0.15, 0.2) is 48.5 Å². The van der Waals surface area contributed by atoms with E-state index < -0.39 is 11.9 Å². The van der Waals surface area contributed by atoms with Crippen molar-refractivity contribution in [1.82, 2.24) is 10.1 Å². The number of ether oxygens (including phenoxy) is 2.